The van der Waals surface area contributed by atoms with Gasteiger partial charge in [-0.15, -0.1) is 0 Å². The zero-order chi connectivity index (χ0) is 18.6. The first kappa shape index (κ1) is 17.4. The van der Waals surface area contributed by atoms with Gasteiger partial charge in [-0.25, -0.2) is 4.39 Å². The summed E-state index contributed by atoms with van der Waals surface area (Å²) in [5, 5.41) is 6.74. The van der Waals surface area contributed by atoms with Crippen LogP contribution in [0.1, 0.15) is 36.6 Å². The van der Waals surface area contributed by atoms with E-state index in [1.165, 1.54) is 30.5 Å². The van der Waals surface area contributed by atoms with Crippen molar-refractivity contribution < 1.29 is 13.7 Å². The number of halogens is 1. The van der Waals surface area contributed by atoms with Gasteiger partial charge in [0.15, 0.2) is 0 Å². The van der Waals surface area contributed by atoms with Gasteiger partial charge in [-0.05, 0) is 54.5 Å². The Hall–Kier alpha value is -3.02. The van der Waals surface area contributed by atoms with Crippen LogP contribution in [0.2, 0.25) is 0 Å². The number of aromatic nitrogens is 2. The minimum absolute atomic E-state index is 0.0303. The highest BCUT2D eigenvalue weighted by Gasteiger charge is 2.33. The SMILES string of the molecule is O=C(CC(c1ccccc1)C1CC1)NCc1nc(-c2ccc(F)cc2)no1. The monoisotopic (exact) mass is 365 g/mol. The van der Waals surface area contributed by atoms with Crippen molar-refractivity contribution in [3.8, 4) is 11.4 Å². The van der Waals surface area contributed by atoms with Crippen molar-refractivity contribution in [1.82, 2.24) is 15.5 Å². The Balaban J connectivity index is 1.34. The molecular formula is C21H20FN3O2. The maximum atomic E-state index is 13.0. The molecule has 1 unspecified atom stereocenters. The second-order valence-electron chi connectivity index (χ2n) is 6.85. The molecule has 0 radical (unpaired) electrons. The molecule has 1 fully saturated rings. The lowest BCUT2D eigenvalue weighted by atomic mass is 9.91. The van der Waals surface area contributed by atoms with Crippen LogP contribution in [0.25, 0.3) is 11.4 Å². The van der Waals surface area contributed by atoms with Crippen molar-refractivity contribution in [2.24, 2.45) is 5.92 Å². The number of nitrogens with zero attached hydrogens (tertiary/aromatic N) is 2. The normalized spacial score (nSPS) is 14.7. The molecule has 1 aromatic heterocycles. The first-order valence-electron chi connectivity index (χ1n) is 9.09. The van der Waals surface area contributed by atoms with E-state index in [2.05, 4.69) is 27.6 Å². The molecule has 27 heavy (non-hydrogen) atoms. The van der Waals surface area contributed by atoms with E-state index in [4.69, 9.17) is 4.52 Å². The summed E-state index contributed by atoms with van der Waals surface area (Å²) in [4.78, 5) is 16.7. The maximum Gasteiger partial charge on any atom is 0.246 e. The third-order valence-electron chi connectivity index (χ3n) is 4.83. The van der Waals surface area contributed by atoms with Gasteiger partial charge in [0.25, 0.3) is 0 Å². The lowest BCUT2D eigenvalue weighted by Crippen LogP contribution is -2.25. The van der Waals surface area contributed by atoms with Gasteiger partial charge in [0.2, 0.25) is 17.6 Å². The molecular weight excluding hydrogens is 345 g/mol. The first-order chi connectivity index (χ1) is 13.2. The average molecular weight is 365 g/mol. The Morgan fingerprint density at radius 3 is 2.59 bits per heavy atom. The second-order valence-corrected chi connectivity index (χ2v) is 6.85. The van der Waals surface area contributed by atoms with E-state index >= 15 is 0 Å². The fourth-order valence-corrected chi connectivity index (χ4v) is 3.24. The molecule has 1 aliphatic carbocycles. The van der Waals surface area contributed by atoms with Crippen LogP contribution in [0.5, 0.6) is 0 Å². The van der Waals surface area contributed by atoms with Crippen molar-refractivity contribution in [1.29, 1.82) is 0 Å². The Morgan fingerprint density at radius 1 is 1.15 bits per heavy atom. The van der Waals surface area contributed by atoms with Crippen LogP contribution < -0.4 is 5.32 Å². The topological polar surface area (TPSA) is 68.0 Å². The van der Waals surface area contributed by atoms with Crippen LogP contribution in [0, 0.1) is 11.7 Å². The number of benzene rings is 2. The molecule has 4 rings (SSSR count). The molecule has 1 saturated carbocycles. The fraction of sp³-hybridized carbons (Fsp3) is 0.286. The Bertz CT molecular complexity index is 905. The summed E-state index contributed by atoms with van der Waals surface area (Å²) in [6.45, 7) is 0.180. The van der Waals surface area contributed by atoms with Gasteiger partial charge >= 0.3 is 0 Å². The van der Waals surface area contributed by atoms with Crippen molar-refractivity contribution in [2.45, 2.75) is 31.7 Å². The maximum absolute atomic E-state index is 13.0. The summed E-state index contributed by atoms with van der Waals surface area (Å²) in [6.07, 6.45) is 2.81. The molecule has 5 nitrogen and oxygen atoms in total. The fourth-order valence-electron chi connectivity index (χ4n) is 3.24. The summed E-state index contributed by atoms with van der Waals surface area (Å²) in [5.74, 6) is 1.19. The largest absolute Gasteiger partial charge is 0.347 e. The number of amides is 1. The molecule has 138 valence electrons. The minimum Gasteiger partial charge on any atom is -0.347 e. The molecule has 6 heteroatoms. The molecule has 1 heterocycles. The summed E-state index contributed by atoms with van der Waals surface area (Å²) in [5.41, 5.74) is 1.88. The highest BCUT2D eigenvalue weighted by atomic mass is 19.1. The van der Waals surface area contributed by atoms with E-state index in [-0.39, 0.29) is 24.2 Å². The lowest BCUT2D eigenvalue weighted by molar-refractivity contribution is -0.121. The molecule has 0 saturated heterocycles. The van der Waals surface area contributed by atoms with E-state index in [9.17, 15) is 9.18 Å². The number of rotatable bonds is 7. The van der Waals surface area contributed by atoms with Crippen LogP contribution in [-0.2, 0) is 11.3 Å². The summed E-state index contributed by atoms with van der Waals surface area (Å²) in [7, 11) is 0. The molecule has 1 aliphatic rings. The average Bonchev–Trinajstić information content (AvgIpc) is 3.43. The molecule has 1 atom stereocenters. The molecule has 3 aromatic rings. The third kappa shape index (κ3) is 4.39. The van der Waals surface area contributed by atoms with Crippen molar-refractivity contribution in [3.63, 3.8) is 0 Å². The Labute approximate surface area is 156 Å². The number of hydrogen-bond donors (Lipinski definition) is 1. The minimum atomic E-state index is -0.321. The summed E-state index contributed by atoms with van der Waals surface area (Å²) in [6, 6.07) is 16.0. The molecule has 1 N–H and O–H groups in total. The summed E-state index contributed by atoms with van der Waals surface area (Å²) < 4.78 is 18.2. The van der Waals surface area contributed by atoms with Gasteiger partial charge in [0.05, 0.1) is 6.54 Å². The quantitative estimate of drug-likeness (QED) is 0.685. The van der Waals surface area contributed by atoms with Crippen LogP contribution in [-0.4, -0.2) is 16.0 Å². The molecule has 0 bridgehead atoms. The van der Waals surface area contributed by atoms with Crippen molar-refractivity contribution >= 4 is 5.91 Å². The molecule has 0 spiro atoms. The number of nitrogens with one attached hydrogen (secondary N) is 1. The van der Waals surface area contributed by atoms with Gasteiger partial charge in [0.1, 0.15) is 5.82 Å². The van der Waals surface area contributed by atoms with Gasteiger partial charge in [0, 0.05) is 12.0 Å². The molecule has 2 aromatic carbocycles. The van der Waals surface area contributed by atoms with Crippen LogP contribution >= 0.6 is 0 Å². The third-order valence-corrected chi connectivity index (χ3v) is 4.83. The van der Waals surface area contributed by atoms with Gasteiger partial charge in [-0.1, -0.05) is 35.5 Å². The zero-order valence-corrected chi connectivity index (χ0v) is 14.8. The number of carbonyl (C=O) groups excluding carboxylic acids is 1. The van der Waals surface area contributed by atoms with Crippen LogP contribution in [0.15, 0.2) is 59.1 Å². The van der Waals surface area contributed by atoms with Gasteiger partial charge in [-0.3, -0.25) is 4.79 Å². The van der Waals surface area contributed by atoms with Gasteiger partial charge < -0.3 is 9.84 Å². The summed E-state index contributed by atoms with van der Waals surface area (Å²) >= 11 is 0. The van der Waals surface area contributed by atoms with Crippen molar-refractivity contribution in [2.75, 3.05) is 0 Å². The predicted molar refractivity (Wildman–Crippen MR) is 98.1 cm³/mol. The molecule has 1 amide bonds. The second kappa shape index (κ2) is 7.70. The standard InChI is InChI=1S/C21H20FN3O2/c22-17-10-8-16(9-11-17)21-24-20(27-25-21)13-23-19(26)12-18(15-6-7-15)14-4-2-1-3-5-14/h1-5,8-11,15,18H,6-7,12-13H2,(H,23,26). The highest BCUT2D eigenvalue weighted by molar-refractivity contribution is 5.77. The van der Waals surface area contributed by atoms with E-state index in [0.29, 0.717) is 29.6 Å². The van der Waals surface area contributed by atoms with Crippen LogP contribution in [0.4, 0.5) is 4.39 Å². The van der Waals surface area contributed by atoms with Crippen LogP contribution in [0.3, 0.4) is 0 Å². The van der Waals surface area contributed by atoms with E-state index in [0.717, 1.165) is 0 Å². The first-order valence-corrected chi connectivity index (χ1v) is 9.09. The Kier molecular flexibility index (Phi) is 4.96. The lowest BCUT2D eigenvalue weighted by Gasteiger charge is -2.16. The van der Waals surface area contributed by atoms with Crippen molar-refractivity contribution in [3.05, 3.63) is 71.9 Å². The predicted octanol–water partition coefficient (Wildman–Crippen LogP) is 4.08. The molecule has 0 aliphatic heterocycles. The number of carbonyl (C=O) groups is 1. The smallest absolute Gasteiger partial charge is 0.246 e. The Morgan fingerprint density at radius 2 is 1.89 bits per heavy atom. The zero-order valence-electron chi connectivity index (χ0n) is 14.8. The highest BCUT2D eigenvalue weighted by Crippen LogP contribution is 2.44. The van der Waals surface area contributed by atoms with E-state index < -0.39 is 0 Å². The van der Waals surface area contributed by atoms with E-state index in [1.54, 1.807) is 12.1 Å². The van der Waals surface area contributed by atoms with Gasteiger partial charge in [-0.2, -0.15) is 4.98 Å². The number of hydrogen-bond acceptors (Lipinski definition) is 4. The van der Waals surface area contributed by atoms with E-state index in [1.807, 2.05) is 18.2 Å².